The number of amides is 2. The lowest BCUT2D eigenvalue weighted by Gasteiger charge is -2.33. The molecule has 7 heteroatoms. The van der Waals surface area contributed by atoms with E-state index in [0.717, 1.165) is 18.7 Å². The Balaban J connectivity index is 1.67. The molecule has 134 valence electrons. The highest BCUT2D eigenvalue weighted by atomic mass is 19.1. The Labute approximate surface area is 146 Å². The van der Waals surface area contributed by atoms with E-state index < -0.39 is 6.04 Å². The summed E-state index contributed by atoms with van der Waals surface area (Å²) in [7, 11) is 1.49. The number of carbonyl (C=O) groups is 1. The van der Waals surface area contributed by atoms with Gasteiger partial charge in [-0.15, -0.1) is 0 Å². The highest BCUT2D eigenvalue weighted by Crippen LogP contribution is 2.29. The van der Waals surface area contributed by atoms with Crippen LogP contribution in [0.4, 0.5) is 9.18 Å². The number of imidazole rings is 1. The van der Waals surface area contributed by atoms with Gasteiger partial charge in [-0.1, -0.05) is 6.07 Å². The molecule has 1 saturated heterocycles. The van der Waals surface area contributed by atoms with E-state index in [1.807, 2.05) is 0 Å². The standard InChI is InChI=1S/C18H23FN4O2/c1-12(16-14(19)6-3-7-15(16)25-2)22-18(24)23-10-4-5-13(11-23)17-20-8-9-21-17/h3,6-9,12-13H,4-5,10-11H2,1-2H3,(H,20,21)(H,22,24)/t12-,13-/m0/s1. The second kappa shape index (κ2) is 7.55. The second-order valence-corrected chi connectivity index (χ2v) is 6.29. The average Bonchev–Trinajstić information content (AvgIpc) is 3.16. The van der Waals surface area contributed by atoms with E-state index in [9.17, 15) is 9.18 Å². The van der Waals surface area contributed by atoms with Crippen molar-refractivity contribution < 1.29 is 13.9 Å². The van der Waals surface area contributed by atoms with Crippen molar-refractivity contribution in [3.63, 3.8) is 0 Å². The van der Waals surface area contributed by atoms with Crippen LogP contribution in [0.15, 0.2) is 30.6 Å². The highest BCUT2D eigenvalue weighted by Gasteiger charge is 2.27. The smallest absolute Gasteiger partial charge is 0.317 e. The van der Waals surface area contributed by atoms with E-state index in [-0.39, 0.29) is 17.8 Å². The normalized spacial score (nSPS) is 18.7. The third-order valence-electron chi connectivity index (χ3n) is 4.62. The van der Waals surface area contributed by atoms with Crippen molar-refractivity contribution in [2.24, 2.45) is 0 Å². The van der Waals surface area contributed by atoms with Crippen LogP contribution >= 0.6 is 0 Å². The zero-order valence-electron chi connectivity index (χ0n) is 14.5. The molecule has 0 aliphatic carbocycles. The number of hydrogen-bond acceptors (Lipinski definition) is 3. The topological polar surface area (TPSA) is 70.2 Å². The molecule has 25 heavy (non-hydrogen) atoms. The number of piperidine rings is 1. The fourth-order valence-corrected chi connectivity index (χ4v) is 3.35. The molecule has 2 atom stereocenters. The van der Waals surface area contributed by atoms with Crippen LogP contribution in [-0.2, 0) is 0 Å². The van der Waals surface area contributed by atoms with Crippen LogP contribution in [0.25, 0.3) is 0 Å². The van der Waals surface area contributed by atoms with Crippen molar-refractivity contribution in [2.45, 2.75) is 31.7 Å². The number of rotatable bonds is 4. The lowest BCUT2D eigenvalue weighted by Crippen LogP contribution is -2.45. The van der Waals surface area contributed by atoms with Gasteiger partial charge < -0.3 is 19.9 Å². The molecule has 0 bridgehead atoms. The maximum Gasteiger partial charge on any atom is 0.317 e. The molecular formula is C18H23FN4O2. The molecule has 1 aliphatic rings. The van der Waals surface area contributed by atoms with Crippen molar-refractivity contribution in [1.82, 2.24) is 20.2 Å². The monoisotopic (exact) mass is 346 g/mol. The summed E-state index contributed by atoms with van der Waals surface area (Å²) in [5.41, 5.74) is 0.359. The van der Waals surface area contributed by atoms with Crippen LogP contribution in [0.1, 0.15) is 43.1 Å². The van der Waals surface area contributed by atoms with Crippen LogP contribution in [0.5, 0.6) is 5.75 Å². The molecule has 1 fully saturated rings. The predicted octanol–water partition coefficient (Wildman–Crippen LogP) is 3.21. The quantitative estimate of drug-likeness (QED) is 0.893. The Morgan fingerprint density at radius 2 is 2.36 bits per heavy atom. The third-order valence-corrected chi connectivity index (χ3v) is 4.62. The summed E-state index contributed by atoms with van der Waals surface area (Å²) in [6, 6.07) is 3.95. The number of methoxy groups -OCH3 is 1. The molecule has 1 aromatic heterocycles. The van der Waals surface area contributed by atoms with Crippen LogP contribution < -0.4 is 10.1 Å². The van der Waals surface area contributed by atoms with Crippen LogP contribution in [0.3, 0.4) is 0 Å². The van der Waals surface area contributed by atoms with E-state index in [1.165, 1.54) is 13.2 Å². The Morgan fingerprint density at radius 1 is 1.52 bits per heavy atom. The first-order chi connectivity index (χ1) is 12.1. The average molecular weight is 346 g/mol. The van der Waals surface area contributed by atoms with Gasteiger partial charge in [0.05, 0.1) is 18.7 Å². The molecule has 2 aromatic rings. The predicted molar refractivity (Wildman–Crippen MR) is 92.0 cm³/mol. The molecular weight excluding hydrogens is 323 g/mol. The zero-order chi connectivity index (χ0) is 17.8. The van der Waals surface area contributed by atoms with Gasteiger partial charge in [0.25, 0.3) is 0 Å². The Hall–Kier alpha value is -2.57. The fourth-order valence-electron chi connectivity index (χ4n) is 3.35. The summed E-state index contributed by atoms with van der Waals surface area (Å²) in [5.74, 6) is 1.15. The SMILES string of the molecule is COc1cccc(F)c1[C@H](C)NC(=O)N1CCC[C@H](c2ncc[nH]2)C1. The van der Waals surface area contributed by atoms with Crippen LogP contribution in [0.2, 0.25) is 0 Å². The van der Waals surface area contributed by atoms with Crippen molar-refractivity contribution in [3.05, 3.63) is 47.8 Å². The van der Waals surface area contributed by atoms with Gasteiger partial charge in [0.2, 0.25) is 0 Å². The summed E-state index contributed by atoms with van der Waals surface area (Å²) in [4.78, 5) is 21.8. The number of H-pyrrole nitrogens is 1. The van der Waals surface area contributed by atoms with Crippen LogP contribution in [0, 0.1) is 5.82 Å². The number of aromatic amines is 1. The summed E-state index contributed by atoms with van der Waals surface area (Å²) >= 11 is 0. The minimum atomic E-state index is -0.493. The number of nitrogens with one attached hydrogen (secondary N) is 2. The molecule has 1 aliphatic heterocycles. The van der Waals surface area contributed by atoms with E-state index in [1.54, 1.807) is 36.4 Å². The summed E-state index contributed by atoms with van der Waals surface area (Å²) in [5, 5.41) is 2.88. The Kier molecular flexibility index (Phi) is 5.21. The first-order valence-electron chi connectivity index (χ1n) is 8.47. The molecule has 0 saturated carbocycles. The lowest BCUT2D eigenvalue weighted by atomic mass is 9.97. The maximum atomic E-state index is 14.2. The van der Waals surface area contributed by atoms with E-state index in [0.29, 0.717) is 24.4 Å². The first kappa shape index (κ1) is 17.3. The van der Waals surface area contributed by atoms with E-state index in [2.05, 4.69) is 15.3 Å². The first-order valence-corrected chi connectivity index (χ1v) is 8.47. The largest absolute Gasteiger partial charge is 0.496 e. The number of ether oxygens (including phenoxy) is 1. The number of aromatic nitrogens is 2. The maximum absolute atomic E-state index is 14.2. The Bertz CT molecular complexity index is 720. The minimum Gasteiger partial charge on any atom is -0.496 e. The molecule has 6 nitrogen and oxygen atoms in total. The fraction of sp³-hybridized carbons (Fsp3) is 0.444. The molecule has 0 unspecified atom stereocenters. The Morgan fingerprint density at radius 3 is 3.08 bits per heavy atom. The number of benzene rings is 1. The number of urea groups is 1. The minimum absolute atomic E-state index is 0.200. The van der Waals surface area contributed by atoms with Crippen molar-refractivity contribution in [3.8, 4) is 5.75 Å². The molecule has 1 aromatic carbocycles. The molecule has 3 rings (SSSR count). The number of carbonyl (C=O) groups excluding carboxylic acids is 1. The summed E-state index contributed by atoms with van der Waals surface area (Å²) in [6.45, 7) is 3.04. The second-order valence-electron chi connectivity index (χ2n) is 6.29. The molecule has 0 radical (unpaired) electrons. The molecule has 2 N–H and O–H groups in total. The van der Waals surface area contributed by atoms with Crippen molar-refractivity contribution >= 4 is 6.03 Å². The highest BCUT2D eigenvalue weighted by molar-refractivity contribution is 5.75. The molecule has 2 amide bonds. The number of likely N-dealkylation sites (tertiary alicyclic amines) is 1. The van der Waals surface area contributed by atoms with Gasteiger partial charge in [-0.2, -0.15) is 0 Å². The third kappa shape index (κ3) is 3.75. The molecule has 2 heterocycles. The van der Waals surface area contributed by atoms with Crippen molar-refractivity contribution in [2.75, 3.05) is 20.2 Å². The van der Waals surface area contributed by atoms with Gasteiger partial charge in [-0.05, 0) is 31.9 Å². The van der Waals surface area contributed by atoms with Gasteiger partial charge >= 0.3 is 6.03 Å². The summed E-state index contributed by atoms with van der Waals surface area (Å²) < 4.78 is 19.4. The molecule has 0 spiro atoms. The van der Waals surface area contributed by atoms with Crippen LogP contribution in [-0.4, -0.2) is 41.1 Å². The van der Waals surface area contributed by atoms with Gasteiger partial charge in [0, 0.05) is 31.4 Å². The van der Waals surface area contributed by atoms with Gasteiger partial charge in [-0.25, -0.2) is 14.2 Å². The van der Waals surface area contributed by atoms with Gasteiger partial charge in [-0.3, -0.25) is 0 Å². The number of nitrogens with zero attached hydrogens (tertiary/aromatic N) is 2. The number of hydrogen-bond donors (Lipinski definition) is 2. The zero-order valence-corrected chi connectivity index (χ0v) is 14.5. The summed E-state index contributed by atoms with van der Waals surface area (Å²) in [6.07, 6.45) is 5.42. The van der Waals surface area contributed by atoms with Gasteiger partial charge in [0.1, 0.15) is 17.4 Å². The van der Waals surface area contributed by atoms with Crippen molar-refractivity contribution in [1.29, 1.82) is 0 Å². The van der Waals surface area contributed by atoms with E-state index in [4.69, 9.17) is 4.74 Å². The lowest BCUT2D eigenvalue weighted by molar-refractivity contribution is 0.175. The van der Waals surface area contributed by atoms with Gasteiger partial charge in [0.15, 0.2) is 0 Å². The van der Waals surface area contributed by atoms with E-state index >= 15 is 0 Å². The number of halogens is 1.